The van der Waals surface area contributed by atoms with Crippen LogP contribution in [0.4, 0.5) is 5.69 Å². The van der Waals surface area contributed by atoms with E-state index in [1.807, 2.05) is 18.2 Å². The molecule has 3 rings (SSSR count). The molecule has 1 fully saturated rings. The molecule has 1 N–H and O–H groups in total. The van der Waals surface area contributed by atoms with Crippen LogP contribution in [-0.4, -0.2) is 30.1 Å². The van der Waals surface area contributed by atoms with Crippen molar-refractivity contribution in [2.75, 3.05) is 12.0 Å². The van der Waals surface area contributed by atoms with Crippen molar-refractivity contribution in [2.45, 2.75) is 51.2 Å². The van der Waals surface area contributed by atoms with Gasteiger partial charge in [-0.1, -0.05) is 45.0 Å². The molecule has 1 aliphatic heterocycles. The van der Waals surface area contributed by atoms with Crippen LogP contribution in [0.1, 0.15) is 61.2 Å². The van der Waals surface area contributed by atoms with E-state index in [-0.39, 0.29) is 22.9 Å². The Kier molecular flexibility index (Phi) is 5.57. The molecule has 1 heterocycles. The van der Waals surface area contributed by atoms with Crippen molar-refractivity contribution >= 4 is 17.6 Å². The average molecular weight is 381 g/mol. The smallest absolute Gasteiger partial charge is 0.335 e. The van der Waals surface area contributed by atoms with Crippen LogP contribution in [0, 0.1) is 0 Å². The van der Waals surface area contributed by atoms with Crippen molar-refractivity contribution in [1.29, 1.82) is 0 Å². The van der Waals surface area contributed by atoms with Crippen LogP contribution in [-0.2, 0) is 14.9 Å². The molecule has 1 aliphatic rings. The van der Waals surface area contributed by atoms with Gasteiger partial charge in [0.15, 0.2) is 0 Å². The first-order chi connectivity index (χ1) is 13.2. The Balaban J connectivity index is 1.94. The zero-order valence-electron chi connectivity index (χ0n) is 16.8. The fraction of sp³-hybridized carbons (Fsp3) is 0.391. The first-order valence-electron chi connectivity index (χ1n) is 9.51. The third-order valence-corrected chi connectivity index (χ3v) is 5.33. The van der Waals surface area contributed by atoms with Gasteiger partial charge in [-0.05, 0) is 47.2 Å². The number of carbonyl (C=O) groups excluding carboxylic acids is 1. The first-order valence-corrected chi connectivity index (χ1v) is 9.51. The second kappa shape index (κ2) is 7.76. The standard InChI is InChI=1S/C23H27NO4/c1-23(2,3)17-8-10-18(11-9-17)24-19(12-13-20(24)25)21(28-4)15-6-5-7-16(14-15)22(26)27/h5-11,14,19,21H,12-13H2,1-4H3,(H,26,27)/t19?,21-/m1/s1. The van der Waals surface area contributed by atoms with Crippen molar-refractivity contribution in [1.82, 2.24) is 0 Å². The molecule has 148 valence electrons. The van der Waals surface area contributed by atoms with Gasteiger partial charge in [0.25, 0.3) is 0 Å². The molecule has 0 saturated carbocycles. The van der Waals surface area contributed by atoms with Crippen molar-refractivity contribution in [3.63, 3.8) is 0 Å². The molecule has 0 aromatic heterocycles. The molecule has 0 aliphatic carbocycles. The Hall–Kier alpha value is -2.66. The summed E-state index contributed by atoms with van der Waals surface area (Å²) in [6, 6.07) is 14.7. The quantitative estimate of drug-likeness (QED) is 0.824. The van der Waals surface area contributed by atoms with Crippen molar-refractivity contribution in [3.8, 4) is 0 Å². The molecule has 0 spiro atoms. The number of anilines is 1. The van der Waals surface area contributed by atoms with Gasteiger partial charge in [-0.25, -0.2) is 4.79 Å². The largest absolute Gasteiger partial charge is 0.478 e. The molecule has 28 heavy (non-hydrogen) atoms. The van der Waals surface area contributed by atoms with Crippen LogP contribution < -0.4 is 4.90 Å². The highest BCUT2D eigenvalue weighted by atomic mass is 16.5. The SMILES string of the molecule is CO[C@H](c1cccc(C(=O)O)c1)C1CCC(=O)N1c1ccc(C(C)(C)C)cc1. The van der Waals surface area contributed by atoms with Gasteiger partial charge < -0.3 is 14.7 Å². The molecule has 1 saturated heterocycles. The maximum atomic E-state index is 12.7. The van der Waals surface area contributed by atoms with E-state index in [1.165, 1.54) is 5.56 Å². The third kappa shape index (κ3) is 3.94. The van der Waals surface area contributed by atoms with Crippen LogP contribution in [0.15, 0.2) is 48.5 Å². The number of aromatic carboxylic acids is 1. The molecule has 2 atom stereocenters. The Labute approximate surface area is 165 Å². The summed E-state index contributed by atoms with van der Waals surface area (Å²) < 4.78 is 5.75. The molecule has 1 amide bonds. The summed E-state index contributed by atoms with van der Waals surface area (Å²) in [6.07, 6.45) is 0.716. The van der Waals surface area contributed by atoms with E-state index in [1.54, 1.807) is 30.2 Å². The van der Waals surface area contributed by atoms with Crippen LogP contribution in [0.25, 0.3) is 0 Å². The van der Waals surface area contributed by atoms with E-state index in [0.29, 0.717) is 12.8 Å². The number of benzene rings is 2. The predicted octanol–water partition coefficient (Wildman–Crippen LogP) is 4.57. The summed E-state index contributed by atoms with van der Waals surface area (Å²) >= 11 is 0. The summed E-state index contributed by atoms with van der Waals surface area (Å²) in [5.41, 5.74) is 3.07. The third-order valence-electron chi connectivity index (χ3n) is 5.33. The summed E-state index contributed by atoms with van der Waals surface area (Å²) in [4.78, 5) is 25.8. The van der Waals surface area contributed by atoms with Crippen LogP contribution in [0.5, 0.6) is 0 Å². The topological polar surface area (TPSA) is 66.8 Å². The van der Waals surface area contributed by atoms with Crippen LogP contribution >= 0.6 is 0 Å². The zero-order valence-corrected chi connectivity index (χ0v) is 16.8. The number of amides is 1. The van der Waals surface area contributed by atoms with Gasteiger partial charge in [-0.3, -0.25) is 4.79 Å². The minimum atomic E-state index is -0.978. The normalized spacial score (nSPS) is 18.4. The van der Waals surface area contributed by atoms with Gasteiger partial charge in [0.2, 0.25) is 5.91 Å². The second-order valence-corrected chi connectivity index (χ2v) is 8.25. The molecule has 0 radical (unpaired) electrons. The van der Waals surface area contributed by atoms with Gasteiger partial charge in [0, 0.05) is 19.2 Å². The van der Waals surface area contributed by atoms with E-state index >= 15 is 0 Å². The van der Waals surface area contributed by atoms with Gasteiger partial charge in [0.1, 0.15) is 6.10 Å². The second-order valence-electron chi connectivity index (χ2n) is 8.25. The predicted molar refractivity (Wildman–Crippen MR) is 109 cm³/mol. The Morgan fingerprint density at radius 2 is 1.86 bits per heavy atom. The summed E-state index contributed by atoms with van der Waals surface area (Å²) in [5, 5.41) is 9.29. The van der Waals surface area contributed by atoms with E-state index in [0.717, 1.165) is 11.3 Å². The maximum Gasteiger partial charge on any atom is 0.335 e. The average Bonchev–Trinajstić information content (AvgIpc) is 3.03. The minimum absolute atomic E-state index is 0.0410. The Bertz CT molecular complexity index is 867. The molecular weight excluding hydrogens is 354 g/mol. The molecule has 5 heteroatoms. The van der Waals surface area contributed by atoms with Gasteiger partial charge in [0.05, 0.1) is 11.6 Å². The number of rotatable bonds is 5. The lowest BCUT2D eigenvalue weighted by atomic mass is 9.87. The first kappa shape index (κ1) is 20.1. The highest BCUT2D eigenvalue weighted by Crippen LogP contribution is 2.37. The molecule has 1 unspecified atom stereocenters. The molecule has 5 nitrogen and oxygen atoms in total. The zero-order chi connectivity index (χ0) is 20.5. The highest BCUT2D eigenvalue weighted by molar-refractivity contribution is 5.96. The molecular formula is C23H27NO4. The monoisotopic (exact) mass is 381 g/mol. The van der Waals surface area contributed by atoms with E-state index in [4.69, 9.17) is 4.74 Å². The number of nitrogens with zero attached hydrogens (tertiary/aromatic N) is 1. The number of hydrogen-bond acceptors (Lipinski definition) is 3. The summed E-state index contributed by atoms with van der Waals surface area (Å²) in [5.74, 6) is -0.918. The van der Waals surface area contributed by atoms with Gasteiger partial charge in [-0.2, -0.15) is 0 Å². The van der Waals surface area contributed by atoms with Gasteiger partial charge >= 0.3 is 5.97 Å². The van der Waals surface area contributed by atoms with E-state index in [9.17, 15) is 14.7 Å². The number of carbonyl (C=O) groups is 2. The van der Waals surface area contributed by atoms with Crippen LogP contribution in [0.3, 0.4) is 0 Å². The van der Waals surface area contributed by atoms with Crippen LogP contribution in [0.2, 0.25) is 0 Å². The van der Waals surface area contributed by atoms with Crippen molar-refractivity contribution in [2.24, 2.45) is 0 Å². The Morgan fingerprint density at radius 3 is 2.43 bits per heavy atom. The number of methoxy groups -OCH3 is 1. The molecule has 2 aromatic rings. The lowest BCUT2D eigenvalue weighted by molar-refractivity contribution is -0.117. The fourth-order valence-electron chi connectivity index (χ4n) is 3.81. The number of carboxylic acid groups (broad SMARTS) is 1. The number of carboxylic acids is 1. The van der Waals surface area contributed by atoms with Crippen molar-refractivity contribution < 1.29 is 19.4 Å². The minimum Gasteiger partial charge on any atom is -0.478 e. The summed E-state index contributed by atoms with van der Waals surface area (Å²) in [6.45, 7) is 6.46. The molecule has 2 aromatic carbocycles. The van der Waals surface area contributed by atoms with E-state index in [2.05, 4.69) is 32.9 Å². The highest BCUT2D eigenvalue weighted by Gasteiger charge is 2.38. The summed E-state index contributed by atoms with van der Waals surface area (Å²) in [7, 11) is 1.60. The number of ether oxygens (including phenoxy) is 1. The Morgan fingerprint density at radius 1 is 1.18 bits per heavy atom. The van der Waals surface area contributed by atoms with E-state index < -0.39 is 12.1 Å². The lowest BCUT2D eigenvalue weighted by Gasteiger charge is -2.32. The van der Waals surface area contributed by atoms with Gasteiger partial charge in [-0.15, -0.1) is 0 Å². The maximum absolute atomic E-state index is 12.7. The van der Waals surface area contributed by atoms with Crippen molar-refractivity contribution in [3.05, 3.63) is 65.2 Å². The molecule has 0 bridgehead atoms. The number of hydrogen-bond donors (Lipinski definition) is 1. The lowest BCUT2D eigenvalue weighted by Crippen LogP contribution is -2.38. The fourth-order valence-corrected chi connectivity index (χ4v) is 3.81.